The van der Waals surface area contributed by atoms with E-state index in [1.165, 1.54) is 31.3 Å². The van der Waals surface area contributed by atoms with Crippen LogP contribution in [-0.4, -0.2) is 18.3 Å². The van der Waals surface area contributed by atoms with Gasteiger partial charge in [-0.15, -0.1) is 0 Å². The molecule has 1 atom stereocenters. The van der Waals surface area contributed by atoms with E-state index >= 15 is 0 Å². The second-order valence-corrected chi connectivity index (χ2v) is 6.51. The van der Waals surface area contributed by atoms with Crippen LogP contribution in [-0.2, 0) is 9.31 Å². The van der Waals surface area contributed by atoms with Gasteiger partial charge in [-0.05, 0) is 52.9 Å². The maximum Gasteiger partial charge on any atom is 0.487 e. The lowest BCUT2D eigenvalue weighted by molar-refractivity contribution is 0.00578. The summed E-state index contributed by atoms with van der Waals surface area (Å²) < 4.78 is 12.0. The Balaban J connectivity index is 2.08. The van der Waals surface area contributed by atoms with Crippen molar-refractivity contribution in [2.24, 2.45) is 5.92 Å². The van der Waals surface area contributed by atoms with E-state index in [9.17, 15) is 0 Å². The monoisotopic (exact) mass is 236 g/mol. The van der Waals surface area contributed by atoms with Crippen molar-refractivity contribution < 1.29 is 9.31 Å². The molecule has 96 valence electrons. The summed E-state index contributed by atoms with van der Waals surface area (Å²) in [5.41, 5.74) is 1.09. The van der Waals surface area contributed by atoms with Gasteiger partial charge >= 0.3 is 7.12 Å². The van der Waals surface area contributed by atoms with Crippen molar-refractivity contribution in [1.29, 1.82) is 0 Å². The van der Waals surface area contributed by atoms with Crippen LogP contribution in [0.1, 0.15) is 60.3 Å². The van der Waals surface area contributed by atoms with E-state index in [2.05, 4.69) is 40.6 Å². The first-order valence-corrected chi connectivity index (χ1v) is 6.88. The first-order valence-electron chi connectivity index (χ1n) is 6.88. The zero-order valence-corrected chi connectivity index (χ0v) is 11.9. The summed E-state index contributed by atoms with van der Waals surface area (Å²) in [5, 5.41) is 0. The lowest BCUT2D eigenvalue weighted by Crippen LogP contribution is -2.41. The van der Waals surface area contributed by atoms with E-state index in [1.54, 1.807) is 0 Å². The van der Waals surface area contributed by atoms with E-state index in [-0.39, 0.29) is 18.3 Å². The molecule has 2 nitrogen and oxygen atoms in total. The van der Waals surface area contributed by atoms with Crippen LogP contribution in [0.3, 0.4) is 0 Å². The molecule has 1 aliphatic carbocycles. The maximum absolute atomic E-state index is 6.02. The highest BCUT2D eigenvalue weighted by molar-refractivity contribution is 6.51. The molecule has 1 saturated carbocycles. The predicted octanol–water partition coefficient (Wildman–Crippen LogP) is 3.75. The summed E-state index contributed by atoms with van der Waals surface area (Å²) in [6.07, 6.45) is 5.20. The molecule has 0 aromatic carbocycles. The Morgan fingerprint density at radius 2 is 1.71 bits per heavy atom. The SMILES string of the molecule is CC1CCCC/C1=C/B1OC(C)(C)C(C)(C)O1. The summed E-state index contributed by atoms with van der Waals surface area (Å²) in [6, 6.07) is 0. The maximum atomic E-state index is 6.02. The summed E-state index contributed by atoms with van der Waals surface area (Å²) in [7, 11) is -0.157. The van der Waals surface area contributed by atoms with Gasteiger partial charge in [0.15, 0.2) is 0 Å². The molecule has 1 unspecified atom stereocenters. The van der Waals surface area contributed by atoms with Crippen molar-refractivity contribution in [1.82, 2.24) is 0 Å². The third-order valence-electron chi connectivity index (χ3n) is 4.61. The molecule has 1 heterocycles. The minimum Gasteiger partial charge on any atom is -0.400 e. The van der Waals surface area contributed by atoms with Crippen molar-refractivity contribution in [2.75, 3.05) is 0 Å². The van der Waals surface area contributed by atoms with Crippen molar-refractivity contribution in [3.05, 3.63) is 11.5 Å². The summed E-state index contributed by atoms with van der Waals surface area (Å²) in [5.74, 6) is 2.92. The van der Waals surface area contributed by atoms with Gasteiger partial charge < -0.3 is 9.31 Å². The summed E-state index contributed by atoms with van der Waals surface area (Å²) in [6.45, 7) is 10.7. The van der Waals surface area contributed by atoms with Gasteiger partial charge in [-0.1, -0.05) is 24.9 Å². The second kappa shape index (κ2) is 4.44. The molecule has 0 N–H and O–H groups in total. The molecule has 0 aromatic rings. The molecule has 2 aliphatic rings. The standard InChI is InChI=1S/C14H25BO2/c1-11-8-6-7-9-12(11)10-15-16-13(2,3)14(4,5)17-15/h10-11H,6-9H2,1-5H3/b12-10-. The van der Waals surface area contributed by atoms with Crippen molar-refractivity contribution in [3.63, 3.8) is 0 Å². The molecule has 1 saturated heterocycles. The van der Waals surface area contributed by atoms with Gasteiger partial charge in [0, 0.05) is 0 Å². The van der Waals surface area contributed by atoms with Crippen LogP contribution < -0.4 is 0 Å². The van der Waals surface area contributed by atoms with Gasteiger partial charge in [0.05, 0.1) is 11.2 Å². The Hall–Kier alpha value is -0.275. The number of allylic oxidation sites excluding steroid dienone is 1. The summed E-state index contributed by atoms with van der Waals surface area (Å²) >= 11 is 0. The fourth-order valence-corrected chi connectivity index (χ4v) is 2.59. The molecule has 1 aliphatic heterocycles. The zero-order chi connectivity index (χ0) is 12.7. The van der Waals surface area contributed by atoms with Gasteiger partial charge in [0.1, 0.15) is 0 Å². The van der Waals surface area contributed by atoms with Gasteiger partial charge in [-0.2, -0.15) is 0 Å². The fourth-order valence-electron chi connectivity index (χ4n) is 2.59. The van der Waals surface area contributed by atoms with E-state index in [0.717, 1.165) is 0 Å². The van der Waals surface area contributed by atoms with E-state index in [0.29, 0.717) is 5.92 Å². The molecule has 2 fully saturated rings. The lowest BCUT2D eigenvalue weighted by Gasteiger charge is -2.32. The minimum absolute atomic E-state index is 0.157. The zero-order valence-electron chi connectivity index (χ0n) is 11.9. The van der Waals surface area contributed by atoms with Crippen LogP contribution in [0.4, 0.5) is 0 Å². The van der Waals surface area contributed by atoms with Crippen molar-refractivity contribution in [3.8, 4) is 0 Å². The van der Waals surface area contributed by atoms with Gasteiger partial charge in [0.25, 0.3) is 0 Å². The Kier molecular flexibility index (Phi) is 3.43. The number of rotatable bonds is 1. The molecule has 2 rings (SSSR count). The number of hydrogen-bond donors (Lipinski definition) is 0. The predicted molar refractivity (Wildman–Crippen MR) is 71.8 cm³/mol. The highest BCUT2D eigenvalue weighted by Crippen LogP contribution is 2.38. The third-order valence-corrected chi connectivity index (χ3v) is 4.61. The van der Waals surface area contributed by atoms with Gasteiger partial charge in [-0.3, -0.25) is 0 Å². The Morgan fingerprint density at radius 3 is 2.24 bits per heavy atom. The fraction of sp³-hybridized carbons (Fsp3) is 0.857. The Morgan fingerprint density at radius 1 is 1.12 bits per heavy atom. The molecule has 0 bridgehead atoms. The molecule has 0 aromatic heterocycles. The minimum atomic E-state index is -0.216. The lowest BCUT2D eigenvalue weighted by atomic mass is 9.77. The van der Waals surface area contributed by atoms with Crippen LogP contribution >= 0.6 is 0 Å². The molecule has 0 amide bonds. The highest BCUT2D eigenvalue weighted by atomic mass is 16.7. The van der Waals surface area contributed by atoms with Crippen LogP contribution in [0, 0.1) is 5.92 Å². The largest absolute Gasteiger partial charge is 0.487 e. The van der Waals surface area contributed by atoms with E-state index < -0.39 is 0 Å². The van der Waals surface area contributed by atoms with Crippen molar-refractivity contribution >= 4 is 7.12 Å². The first-order chi connectivity index (χ1) is 7.82. The average Bonchev–Trinajstić information content (AvgIpc) is 2.39. The molecular formula is C14H25BO2. The first kappa shape index (κ1) is 13.2. The molecule has 0 radical (unpaired) electrons. The molecule has 3 heteroatoms. The molecular weight excluding hydrogens is 211 g/mol. The normalized spacial score (nSPS) is 34.3. The van der Waals surface area contributed by atoms with Crippen LogP contribution in [0.2, 0.25) is 0 Å². The van der Waals surface area contributed by atoms with Gasteiger partial charge in [-0.25, -0.2) is 0 Å². The van der Waals surface area contributed by atoms with Crippen LogP contribution in [0.15, 0.2) is 11.5 Å². The highest BCUT2D eigenvalue weighted by Gasteiger charge is 2.50. The Labute approximate surface area is 106 Å². The van der Waals surface area contributed by atoms with E-state index in [1.807, 2.05) is 0 Å². The molecule has 17 heavy (non-hydrogen) atoms. The topological polar surface area (TPSA) is 18.5 Å². The second-order valence-electron chi connectivity index (χ2n) is 6.51. The van der Waals surface area contributed by atoms with Crippen molar-refractivity contribution in [2.45, 2.75) is 71.5 Å². The Bertz CT molecular complexity index is 304. The number of hydrogen-bond acceptors (Lipinski definition) is 2. The van der Waals surface area contributed by atoms with Crippen LogP contribution in [0.25, 0.3) is 0 Å². The quantitative estimate of drug-likeness (QED) is 0.645. The average molecular weight is 236 g/mol. The third kappa shape index (κ3) is 2.60. The van der Waals surface area contributed by atoms with Gasteiger partial charge in [0.2, 0.25) is 0 Å². The molecule has 0 spiro atoms. The van der Waals surface area contributed by atoms with Crippen LogP contribution in [0.5, 0.6) is 0 Å². The smallest absolute Gasteiger partial charge is 0.400 e. The summed E-state index contributed by atoms with van der Waals surface area (Å²) in [4.78, 5) is 0. The van der Waals surface area contributed by atoms with E-state index in [4.69, 9.17) is 9.31 Å².